The van der Waals surface area contributed by atoms with Gasteiger partial charge >= 0.3 is 0 Å². The third kappa shape index (κ3) is 6.45. The first-order chi connectivity index (χ1) is 19.8. The Morgan fingerprint density at radius 3 is 2.48 bits per heavy atom. The molecule has 0 saturated carbocycles. The number of aliphatic hydroxyl groups is 1. The minimum Gasteiger partial charge on any atom is -0.472 e. The summed E-state index contributed by atoms with van der Waals surface area (Å²) in [5.74, 6) is -1.43. The molecule has 1 aliphatic heterocycles. The number of halogens is 1. The number of amides is 2. The molecule has 2 aromatic carbocycles. The Labute approximate surface area is 245 Å². The summed E-state index contributed by atoms with van der Waals surface area (Å²) in [6, 6.07) is 12.6. The molecule has 0 saturated heterocycles. The Bertz CT molecular complexity index is 1560. The number of pyridine rings is 1. The molecular weight excluding hydrogens is 563 g/mol. The Balaban J connectivity index is 1.72. The molecule has 3 aromatic rings. The standard InChI is InChI=1S/C30H35FN4O6S/c1-19-16-35(20(2)18-36)30(38)26-14-23(21-7-6-8-22(13-21)29(37)33(3)4)15-32-28(26)41-27(19)17-34(5)42(39,40)25-11-9-24(31)10-12-25/h6-15,19-20,27,36H,16-18H2,1-5H3/t19-,20+,27-/m0/s1. The number of ether oxygens (including phenoxy) is 1. The SMILES string of the molecule is C[C@H](CO)N1C[C@H](C)[C@H](CN(C)S(=O)(=O)c2ccc(F)cc2)Oc2ncc(-c3cccc(C(=O)N(C)C)c3)cc2C1=O. The van der Waals surface area contributed by atoms with Crippen LogP contribution >= 0.6 is 0 Å². The van der Waals surface area contributed by atoms with Crippen molar-refractivity contribution >= 4 is 21.8 Å². The number of aromatic nitrogens is 1. The van der Waals surface area contributed by atoms with Gasteiger partial charge in [-0.1, -0.05) is 19.1 Å². The average molecular weight is 599 g/mol. The Hall–Kier alpha value is -3.87. The van der Waals surface area contributed by atoms with Gasteiger partial charge in [-0.25, -0.2) is 17.8 Å². The number of nitrogens with zero attached hydrogens (tertiary/aromatic N) is 4. The van der Waals surface area contributed by atoms with E-state index in [1.807, 2.05) is 6.92 Å². The maximum atomic E-state index is 13.8. The molecule has 3 atom stereocenters. The summed E-state index contributed by atoms with van der Waals surface area (Å²) in [6.45, 7) is 3.39. The number of sulfonamides is 1. The van der Waals surface area contributed by atoms with Crippen molar-refractivity contribution in [1.29, 1.82) is 0 Å². The minimum absolute atomic E-state index is 0.0311. The minimum atomic E-state index is -3.97. The van der Waals surface area contributed by atoms with E-state index in [1.165, 1.54) is 35.2 Å². The largest absolute Gasteiger partial charge is 0.472 e. The van der Waals surface area contributed by atoms with E-state index in [0.717, 1.165) is 16.4 Å². The van der Waals surface area contributed by atoms with Crippen LogP contribution in [0.5, 0.6) is 5.88 Å². The number of fused-ring (bicyclic) bond motifs is 1. The van der Waals surface area contributed by atoms with Gasteiger partial charge in [-0.2, -0.15) is 4.31 Å². The fourth-order valence-electron chi connectivity index (χ4n) is 4.71. The zero-order chi connectivity index (χ0) is 30.8. The van der Waals surface area contributed by atoms with Crippen molar-refractivity contribution in [2.75, 3.05) is 40.8 Å². The van der Waals surface area contributed by atoms with Gasteiger partial charge < -0.3 is 19.6 Å². The number of hydrogen-bond acceptors (Lipinski definition) is 7. The molecule has 1 aliphatic rings. The predicted octanol–water partition coefficient (Wildman–Crippen LogP) is 3.13. The van der Waals surface area contributed by atoms with Crippen LogP contribution in [0, 0.1) is 11.7 Å². The normalized spacial score (nSPS) is 18.1. The zero-order valence-electron chi connectivity index (χ0n) is 24.2. The van der Waals surface area contributed by atoms with Crippen molar-refractivity contribution < 1.29 is 32.2 Å². The first kappa shape index (κ1) is 31.1. The van der Waals surface area contributed by atoms with Crippen LogP contribution in [-0.4, -0.2) is 97.4 Å². The molecule has 0 aliphatic carbocycles. The molecule has 224 valence electrons. The summed E-state index contributed by atoms with van der Waals surface area (Å²) >= 11 is 0. The van der Waals surface area contributed by atoms with Crippen molar-refractivity contribution in [3.8, 4) is 17.0 Å². The number of likely N-dealkylation sites (N-methyl/N-ethyl adjacent to an activating group) is 1. The van der Waals surface area contributed by atoms with Gasteiger partial charge in [-0.15, -0.1) is 0 Å². The lowest BCUT2D eigenvalue weighted by atomic mass is 9.99. The molecular formula is C30H35FN4O6S. The van der Waals surface area contributed by atoms with Gasteiger partial charge in [0.2, 0.25) is 15.9 Å². The summed E-state index contributed by atoms with van der Waals surface area (Å²) in [5, 5.41) is 9.93. The molecule has 12 heteroatoms. The van der Waals surface area contributed by atoms with E-state index < -0.39 is 28.0 Å². The maximum Gasteiger partial charge on any atom is 0.259 e. The second-order valence-electron chi connectivity index (χ2n) is 10.7. The summed E-state index contributed by atoms with van der Waals surface area (Å²) < 4.78 is 47.2. The van der Waals surface area contributed by atoms with Crippen LogP contribution < -0.4 is 4.74 Å². The van der Waals surface area contributed by atoms with Gasteiger partial charge in [0.25, 0.3) is 11.8 Å². The van der Waals surface area contributed by atoms with E-state index in [9.17, 15) is 27.5 Å². The summed E-state index contributed by atoms with van der Waals surface area (Å²) in [4.78, 5) is 33.7. The van der Waals surface area contributed by atoms with Crippen LogP contribution in [0.4, 0.5) is 4.39 Å². The molecule has 0 spiro atoms. The zero-order valence-corrected chi connectivity index (χ0v) is 25.0. The first-order valence-electron chi connectivity index (χ1n) is 13.5. The quantitative estimate of drug-likeness (QED) is 0.423. The van der Waals surface area contributed by atoms with Crippen molar-refractivity contribution in [2.24, 2.45) is 5.92 Å². The highest BCUT2D eigenvalue weighted by atomic mass is 32.2. The number of rotatable bonds is 8. The smallest absolute Gasteiger partial charge is 0.259 e. The van der Waals surface area contributed by atoms with Crippen LogP contribution in [0.2, 0.25) is 0 Å². The third-order valence-corrected chi connectivity index (χ3v) is 9.17. The molecule has 1 N–H and O–H groups in total. The summed E-state index contributed by atoms with van der Waals surface area (Å²) in [5.41, 5.74) is 1.88. The molecule has 0 unspecified atom stereocenters. The van der Waals surface area contributed by atoms with E-state index in [0.29, 0.717) is 16.7 Å². The number of carbonyl (C=O) groups is 2. The van der Waals surface area contributed by atoms with E-state index in [-0.39, 0.29) is 53.8 Å². The number of aliphatic hydroxyl groups excluding tert-OH is 1. The third-order valence-electron chi connectivity index (χ3n) is 7.33. The van der Waals surface area contributed by atoms with Crippen LogP contribution in [0.25, 0.3) is 11.1 Å². The van der Waals surface area contributed by atoms with E-state index in [1.54, 1.807) is 51.4 Å². The lowest BCUT2D eigenvalue weighted by molar-refractivity contribution is 0.0373. The molecule has 2 amide bonds. The fraction of sp³-hybridized carbons (Fsp3) is 0.367. The second kappa shape index (κ2) is 12.6. The highest BCUT2D eigenvalue weighted by Gasteiger charge is 2.36. The van der Waals surface area contributed by atoms with E-state index >= 15 is 0 Å². The second-order valence-corrected chi connectivity index (χ2v) is 12.8. The average Bonchev–Trinajstić information content (AvgIpc) is 2.98. The van der Waals surface area contributed by atoms with Gasteiger partial charge in [-0.3, -0.25) is 9.59 Å². The molecule has 2 heterocycles. The topological polar surface area (TPSA) is 120 Å². The van der Waals surface area contributed by atoms with Gasteiger partial charge in [0.05, 0.1) is 24.1 Å². The summed E-state index contributed by atoms with van der Waals surface area (Å²) in [6.07, 6.45) is 0.817. The van der Waals surface area contributed by atoms with Crippen LogP contribution in [0.3, 0.4) is 0 Å². The van der Waals surface area contributed by atoms with Crippen molar-refractivity contribution in [1.82, 2.24) is 19.1 Å². The predicted molar refractivity (Wildman–Crippen MR) is 155 cm³/mol. The highest BCUT2D eigenvalue weighted by molar-refractivity contribution is 7.89. The van der Waals surface area contributed by atoms with Gasteiger partial charge in [0, 0.05) is 50.9 Å². The lowest BCUT2D eigenvalue weighted by Gasteiger charge is -2.37. The Morgan fingerprint density at radius 1 is 1.14 bits per heavy atom. The Morgan fingerprint density at radius 2 is 1.83 bits per heavy atom. The van der Waals surface area contributed by atoms with E-state index in [2.05, 4.69) is 4.98 Å². The van der Waals surface area contributed by atoms with Crippen LogP contribution in [-0.2, 0) is 10.0 Å². The first-order valence-corrected chi connectivity index (χ1v) is 14.9. The van der Waals surface area contributed by atoms with Crippen molar-refractivity contribution in [2.45, 2.75) is 30.9 Å². The molecule has 0 bridgehead atoms. The molecule has 1 aromatic heterocycles. The van der Waals surface area contributed by atoms with Crippen molar-refractivity contribution in [3.63, 3.8) is 0 Å². The summed E-state index contributed by atoms with van der Waals surface area (Å²) in [7, 11) is 0.764. The van der Waals surface area contributed by atoms with Gasteiger partial charge in [0.15, 0.2) is 0 Å². The maximum absolute atomic E-state index is 13.8. The van der Waals surface area contributed by atoms with Gasteiger partial charge in [-0.05, 0) is 55.0 Å². The molecule has 4 rings (SSSR count). The fourth-order valence-corrected chi connectivity index (χ4v) is 5.89. The monoisotopic (exact) mass is 598 g/mol. The number of hydrogen-bond donors (Lipinski definition) is 1. The van der Waals surface area contributed by atoms with Crippen molar-refractivity contribution in [3.05, 3.63) is 77.7 Å². The molecule has 0 fully saturated rings. The molecule has 10 nitrogen and oxygen atoms in total. The highest BCUT2D eigenvalue weighted by Crippen LogP contribution is 2.31. The molecule has 0 radical (unpaired) electrons. The van der Waals surface area contributed by atoms with Crippen LogP contribution in [0.15, 0.2) is 65.7 Å². The van der Waals surface area contributed by atoms with Crippen LogP contribution in [0.1, 0.15) is 34.6 Å². The number of benzene rings is 2. The van der Waals surface area contributed by atoms with E-state index in [4.69, 9.17) is 4.74 Å². The van der Waals surface area contributed by atoms with Gasteiger partial charge in [0.1, 0.15) is 17.5 Å². The molecule has 42 heavy (non-hydrogen) atoms. The Kier molecular flexibility index (Phi) is 9.29. The number of carbonyl (C=O) groups excluding carboxylic acids is 2. The lowest BCUT2D eigenvalue weighted by Crippen LogP contribution is -2.50.